The van der Waals surface area contributed by atoms with Gasteiger partial charge < -0.3 is 19.4 Å². The number of rotatable bonds is 0. The van der Waals surface area contributed by atoms with Crippen molar-refractivity contribution in [2.75, 3.05) is 0 Å². The van der Waals surface area contributed by atoms with Crippen LogP contribution in [0, 0.1) is 0 Å². The van der Waals surface area contributed by atoms with Crippen molar-refractivity contribution in [3.05, 3.63) is 0 Å². The second-order valence-corrected chi connectivity index (χ2v) is 5.92. The fraction of sp³-hybridized carbons (Fsp3) is 0.750. The van der Waals surface area contributed by atoms with Gasteiger partial charge in [0.25, 0.3) is 0 Å². The summed E-state index contributed by atoms with van der Waals surface area (Å²) in [6.45, 7) is 14.6. The van der Waals surface area contributed by atoms with E-state index < -0.39 is 0 Å². The van der Waals surface area contributed by atoms with Crippen molar-refractivity contribution in [1.82, 2.24) is 0 Å². The Bertz CT molecular complexity index is 446. The molecule has 0 N–H and O–H groups in total. The monoisotopic (exact) mass is 340 g/mol. The summed E-state index contributed by atoms with van der Waals surface area (Å²) < 4.78 is 0. The van der Waals surface area contributed by atoms with Crippen LogP contribution >= 0.6 is 0 Å². The topological polar surface area (TPSA) is 86.4 Å². The standard InChI is InChI=1S/C16H28N4O4/c1-9-13(5)21-18-11(3)15(7)23-20-12(4)16(8)24-19-10(2)14(6)22-17-9/h13-16H,1-8H3/b17-9-,18-11-,19-10+,20-12+/t13?,14-,15+,16-/m0/s1. The molecular weight excluding hydrogens is 312 g/mol. The van der Waals surface area contributed by atoms with Crippen LogP contribution in [0.25, 0.3) is 0 Å². The van der Waals surface area contributed by atoms with Gasteiger partial charge in [-0.2, -0.15) is 0 Å². The molecule has 0 aromatic rings. The van der Waals surface area contributed by atoms with Crippen molar-refractivity contribution >= 4 is 22.8 Å². The van der Waals surface area contributed by atoms with E-state index in [4.69, 9.17) is 19.4 Å². The van der Waals surface area contributed by atoms with Crippen molar-refractivity contribution < 1.29 is 19.4 Å². The summed E-state index contributed by atoms with van der Waals surface area (Å²) in [5, 5.41) is 16.3. The molecule has 1 rings (SSSR count). The van der Waals surface area contributed by atoms with Crippen LogP contribution in [0.15, 0.2) is 20.6 Å². The Morgan fingerprint density at radius 2 is 0.625 bits per heavy atom. The van der Waals surface area contributed by atoms with Crippen LogP contribution in [-0.2, 0) is 19.4 Å². The molecule has 1 aliphatic heterocycles. The number of nitrogens with zero attached hydrogens (tertiary/aromatic N) is 4. The average Bonchev–Trinajstić information content (AvgIpc) is 2.57. The zero-order chi connectivity index (χ0) is 18.3. The molecule has 8 nitrogen and oxygen atoms in total. The van der Waals surface area contributed by atoms with E-state index in [9.17, 15) is 0 Å². The van der Waals surface area contributed by atoms with Gasteiger partial charge in [0.2, 0.25) is 0 Å². The zero-order valence-electron chi connectivity index (χ0n) is 15.7. The summed E-state index contributed by atoms with van der Waals surface area (Å²) in [7, 11) is 0. The highest BCUT2D eigenvalue weighted by atomic mass is 16.7. The minimum absolute atomic E-state index is 0.328. The molecule has 24 heavy (non-hydrogen) atoms. The lowest BCUT2D eigenvalue weighted by molar-refractivity contribution is 0.0730. The lowest BCUT2D eigenvalue weighted by Crippen LogP contribution is -2.24. The van der Waals surface area contributed by atoms with Gasteiger partial charge in [0, 0.05) is 0 Å². The van der Waals surface area contributed by atoms with Crippen molar-refractivity contribution in [1.29, 1.82) is 0 Å². The van der Waals surface area contributed by atoms with Gasteiger partial charge in [-0.3, -0.25) is 0 Å². The maximum atomic E-state index is 5.44. The molecule has 0 aromatic heterocycles. The van der Waals surface area contributed by atoms with Crippen LogP contribution in [0.1, 0.15) is 55.4 Å². The highest BCUT2D eigenvalue weighted by Gasteiger charge is 2.15. The largest absolute Gasteiger partial charge is 0.386 e. The van der Waals surface area contributed by atoms with Gasteiger partial charge in [-0.25, -0.2) is 0 Å². The van der Waals surface area contributed by atoms with E-state index in [-0.39, 0.29) is 24.4 Å². The molecule has 0 amide bonds. The molecule has 1 heterocycles. The fourth-order valence-electron chi connectivity index (χ4n) is 1.25. The second kappa shape index (κ2) is 9.24. The van der Waals surface area contributed by atoms with Crippen LogP contribution in [-0.4, -0.2) is 47.3 Å². The van der Waals surface area contributed by atoms with Gasteiger partial charge in [0.1, 0.15) is 0 Å². The summed E-state index contributed by atoms with van der Waals surface area (Å²) in [4.78, 5) is 21.8. The molecule has 0 radical (unpaired) electrons. The Balaban J connectivity index is 3.02. The SMILES string of the molecule is C/C1=N/O[C@@H](C)/C(C)=N/O[C@@H](C)/C(C)=N/O[C@H](C)/C(C)=N\OC1C. The maximum Gasteiger partial charge on any atom is 0.165 e. The Hall–Kier alpha value is -2.12. The third-order valence-corrected chi connectivity index (χ3v) is 3.77. The molecular formula is C16H28N4O4. The van der Waals surface area contributed by atoms with Crippen molar-refractivity contribution in [2.45, 2.75) is 79.8 Å². The van der Waals surface area contributed by atoms with E-state index in [1.54, 1.807) is 0 Å². The van der Waals surface area contributed by atoms with Crippen LogP contribution < -0.4 is 0 Å². The lowest BCUT2D eigenvalue weighted by atomic mass is 10.2. The predicted molar refractivity (Wildman–Crippen MR) is 94.6 cm³/mol. The number of hydrogen-bond acceptors (Lipinski definition) is 8. The van der Waals surface area contributed by atoms with E-state index in [0.717, 1.165) is 0 Å². The molecule has 8 heteroatoms. The molecule has 0 spiro atoms. The molecule has 0 saturated heterocycles. The normalized spacial score (nSPS) is 39.0. The molecule has 4 atom stereocenters. The Labute approximate surface area is 143 Å². The first-order valence-corrected chi connectivity index (χ1v) is 8.03. The Morgan fingerprint density at radius 1 is 0.458 bits per heavy atom. The van der Waals surface area contributed by atoms with Gasteiger partial charge >= 0.3 is 0 Å². The minimum Gasteiger partial charge on any atom is -0.386 e. The highest BCUT2D eigenvalue weighted by molar-refractivity contribution is 5.89. The fourth-order valence-corrected chi connectivity index (χ4v) is 1.25. The summed E-state index contributed by atoms with van der Waals surface area (Å²) in [5.41, 5.74) is 2.65. The van der Waals surface area contributed by atoms with Crippen molar-refractivity contribution in [3.63, 3.8) is 0 Å². The molecule has 0 saturated carbocycles. The predicted octanol–water partition coefficient (Wildman–Crippen LogP) is 3.12. The average molecular weight is 340 g/mol. The van der Waals surface area contributed by atoms with Crippen molar-refractivity contribution in [3.8, 4) is 0 Å². The third kappa shape index (κ3) is 6.17. The molecule has 0 aromatic carbocycles. The van der Waals surface area contributed by atoms with Gasteiger partial charge in [-0.15, -0.1) is 0 Å². The van der Waals surface area contributed by atoms with Crippen LogP contribution in [0.2, 0.25) is 0 Å². The minimum atomic E-state index is -0.328. The summed E-state index contributed by atoms with van der Waals surface area (Å²) in [6, 6.07) is 0. The first-order chi connectivity index (χ1) is 11.2. The Morgan fingerprint density at radius 3 is 0.792 bits per heavy atom. The zero-order valence-corrected chi connectivity index (χ0v) is 15.7. The summed E-state index contributed by atoms with van der Waals surface area (Å²) >= 11 is 0. The van der Waals surface area contributed by atoms with Gasteiger partial charge in [-0.05, 0) is 55.4 Å². The summed E-state index contributed by atoms with van der Waals surface area (Å²) in [6.07, 6.45) is -1.31. The number of oxime groups is 4. The molecule has 1 unspecified atom stereocenters. The molecule has 136 valence electrons. The van der Waals surface area contributed by atoms with Crippen LogP contribution in [0.3, 0.4) is 0 Å². The highest BCUT2D eigenvalue weighted by Crippen LogP contribution is 2.06. The molecule has 0 fully saturated rings. The van der Waals surface area contributed by atoms with Crippen molar-refractivity contribution in [2.24, 2.45) is 20.6 Å². The first kappa shape index (κ1) is 19.9. The van der Waals surface area contributed by atoms with E-state index >= 15 is 0 Å². The van der Waals surface area contributed by atoms with E-state index in [2.05, 4.69) is 20.6 Å². The van der Waals surface area contributed by atoms with Crippen LogP contribution in [0.5, 0.6) is 0 Å². The maximum absolute atomic E-state index is 5.44. The Kier molecular flexibility index (Phi) is 7.67. The lowest BCUT2D eigenvalue weighted by Gasteiger charge is -2.16. The molecule has 0 bridgehead atoms. The second-order valence-electron chi connectivity index (χ2n) is 5.92. The van der Waals surface area contributed by atoms with E-state index in [0.29, 0.717) is 22.8 Å². The first-order valence-electron chi connectivity index (χ1n) is 8.03. The van der Waals surface area contributed by atoms with Crippen LogP contribution in [0.4, 0.5) is 0 Å². The van der Waals surface area contributed by atoms with Gasteiger partial charge in [0.15, 0.2) is 24.4 Å². The quantitative estimate of drug-likeness (QED) is 0.678. The summed E-state index contributed by atoms with van der Waals surface area (Å²) in [5.74, 6) is 0. The van der Waals surface area contributed by atoms with Gasteiger partial charge in [0.05, 0.1) is 22.8 Å². The van der Waals surface area contributed by atoms with E-state index in [1.807, 2.05) is 55.4 Å². The molecule has 0 aliphatic carbocycles. The number of hydrogen-bond donors (Lipinski definition) is 0. The molecule has 1 aliphatic rings. The van der Waals surface area contributed by atoms with E-state index in [1.165, 1.54) is 0 Å². The van der Waals surface area contributed by atoms with Gasteiger partial charge in [-0.1, -0.05) is 20.6 Å². The smallest absolute Gasteiger partial charge is 0.165 e. The third-order valence-electron chi connectivity index (χ3n) is 3.77.